The molecule has 0 aromatic heterocycles. The van der Waals surface area contributed by atoms with E-state index in [0.717, 1.165) is 28.2 Å². The molecular weight excluding hydrogens is 210 g/mol. The van der Waals surface area contributed by atoms with Crippen molar-refractivity contribution >= 4 is 17.1 Å². The molecule has 2 rings (SSSR count). The van der Waals surface area contributed by atoms with Crippen LogP contribution in [0.2, 0.25) is 0 Å². The van der Waals surface area contributed by atoms with E-state index in [-0.39, 0.29) is 0 Å². The van der Waals surface area contributed by atoms with Gasteiger partial charge in [0, 0.05) is 5.69 Å². The number of nitrogens with two attached hydrogens (primary N) is 1. The number of rotatable bonds is 2. The second-order valence-corrected chi connectivity index (χ2v) is 3.98. The molecule has 86 valence electrons. The Morgan fingerprint density at radius 1 is 0.824 bits per heavy atom. The van der Waals surface area contributed by atoms with Gasteiger partial charge >= 0.3 is 0 Å². The molecule has 2 aromatic carbocycles. The normalized spacial score (nSPS) is 10.9. The van der Waals surface area contributed by atoms with Crippen LogP contribution in [0, 0.1) is 13.8 Å². The largest absolute Gasteiger partial charge is 0.398 e. The molecule has 0 unspecified atom stereocenters. The Bertz CT molecular complexity index is 559. The van der Waals surface area contributed by atoms with Gasteiger partial charge in [0.05, 0.1) is 11.4 Å². The zero-order valence-electron chi connectivity index (χ0n) is 10.0. The number of anilines is 1. The summed E-state index contributed by atoms with van der Waals surface area (Å²) < 4.78 is 0. The fourth-order valence-corrected chi connectivity index (χ4v) is 1.53. The van der Waals surface area contributed by atoms with Crippen molar-refractivity contribution in [1.82, 2.24) is 0 Å². The van der Waals surface area contributed by atoms with Gasteiger partial charge in [0.1, 0.15) is 0 Å². The molecule has 17 heavy (non-hydrogen) atoms. The lowest BCUT2D eigenvalue weighted by Crippen LogP contribution is -1.87. The van der Waals surface area contributed by atoms with Gasteiger partial charge in [0.15, 0.2) is 0 Å². The Morgan fingerprint density at radius 2 is 1.47 bits per heavy atom. The van der Waals surface area contributed by atoms with E-state index in [0.29, 0.717) is 0 Å². The molecule has 0 aliphatic carbocycles. The molecule has 2 N–H and O–H groups in total. The predicted octanol–water partition coefficient (Wildman–Crippen LogP) is 4.30. The number of nitrogens with zero attached hydrogens (tertiary/aromatic N) is 2. The van der Waals surface area contributed by atoms with Crippen molar-refractivity contribution in [2.45, 2.75) is 13.8 Å². The zero-order valence-corrected chi connectivity index (χ0v) is 10.0. The SMILES string of the molecule is Cc1ccccc1/N=N/c1cccc(N)c1C. The summed E-state index contributed by atoms with van der Waals surface area (Å²) in [5.74, 6) is 0. The van der Waals surface area contributed by atoms with Crippen LogP contribution in [0.1, 0.15) is 11.1 Å². The van der Waals surface area contributed by atoms with Gasteiger partial charge in [0.25, 0.3) is 0 Å². The van der Waals surface area contributed by atoms with Gasteiger partial charge in [0.2, 0.25) is 0 Å². The first-order valence-electron chi connectivity index (χ1n) is 5.51. The van der Waals surface area contributed by atoms with Crippen molar-refractivity contribution in [3.05, 3.63) is 53.6 Å². The van der Waals surface area contributed by atoms with Crippen LogP contribution >= 0.6 is 0 Å². The van der Waals surface area contributed by atoms with Crippen LogP contribution in [-0.4, -0.2) is 0 Å². The lowest BCUT2D eigenvalue weighted by Gasteiger charge is -2.02. The minimum absolute atomic E-state index is 0.742. The number of hydrogen-bond donors (Lipinski definition) is 1. The Morgan fingerprint density at radius 3 is 2.24 bits per heavy atom. The van der Waals surface area contributed by atoms with E-state index in [1.165, 1.54) is 0 Å². The fourth-order valence-electron chi connectivity index (χ4n) is 1.53. The number of hydrogen-bond acceptors (Lipinski definition) is 3. The molecule has 0 radical (unpaired) electrons. The standard InChI is InChI=1S/C14H15N3/c1-10-6-3-4-8-13(10)16-17-14-9-5-7-12(15)11(14)2/h3-9H,15H2,1-2H3/b17-16+. The van der Waals surface area contributed by atoms with Crippen molar-refractivity contribution in [2.24, 2.45) is 10.2 Å². The highest BCUT2D eigenvalue weighted by atomic mass is 15.1. The van der Waals surface area contributed by atoms with Gasteiger partial charge in [-0.25, -0.2) is 0 Å². The molecule has 3 heteroatoms. The molecule has 0 heterocycles. The van der Waals surface area contributed by atoms with E-state index in [1.807, 2.05) is 56.3 Å². The molecule has 0 aliphatic rings. The lowest BCUT2D eigenvalue weighted by atomic mass is 10.2. The molecule has 0 bridgehead atoms. The van der Waals surface area contributed by atoms with Crippen molar-refractivity contribution in [2.75, 3.05) is 5.73 Å². The highest BCUT2D eigenvalue weighted by molar-refractivity contribution is 5.59. The van der Waals surface area contributed by atoms with Crippen LogP contribution < -0.4 is 5.73 Å². The smallest absolute Gasteiger partial charge is 0.0906 e. The third kappa shape index (κ3) is 2.50. The number of benzene rings is 2. The molecule has 3 nitrogen and oxygen atoms in total. The van der Waals surface area contributed by atoms with Gasteiger partial charge in [-0.3, -0.25) is 0 Å². The van der Waals surface area contributed by atoms with Crippen molar-refractivity contribution in [1.29, 1.82) is 0 Å². The first-order valence-corrected chi connectivity index (χ1v) is 5.51. The van der Waals surface area contributed by atoms with Crippen molar-refractivity contribution < 1.29 is 0 Å². The summed E-state index contributed by atoms with van der Waals surface area (Å²) in [4.78, 5) is 0. The minimum Gasteiger partial charge on any atom is -0.398 e. The topological polar surface area (TPSA) is 50.7 Å². The molecule has 0 fully saturated rings. The number of aryl methyl sites for hydroxylation is 1. The molecule has 0 saturated heterocycles. The maximum atomic E-state index is 5.82. The van der Waals surface area contributed by atoms with E-state index >= 15 is 0 Å². The first-order chi connectivity index (χ1) is 8.18. The van der Waals surface area contributed by atoms with Gasteiger partial charge in [-0.2, -0.15) is 10.2 Å². The minimum atomic E-state index is 0.742. The summed E-state index contributed by atoms with van der Waals surface area (Å²) in [6, 6.07) is 13.6. The summed E-state index contributed by atoms with van der Waals surface area (Å²) in [7, 11) is 0. The van der Waals surface area contributed by atoms with Crippen LogP contribution in [0.25, 0.3) is 0 Å². The zero-order chi connectivity index (χ0) is 12.3. The van der Waals surface area contributed by atoms with Crippen molar-refractivity contribution in [3.63, 3.8) is 0 Å². The number of azo groups is 1. The average Bonchev–Trinajstić information content (AvgIpc) is 2.33. The van der Waals surface area contributed by atoms with E-state index in [4.69, 9.17) is 5.73 Å². The highest BCUT2D eigenvalue weighted by Crippen LogP contribution is 2.26. The third-order valence-corrected chi connectivity index (χ3v) is 2.73. The second-order valence-electron chi connectivity index (χ2n) is 3.98. The Labute approximate surface area is 101 Å². The summed E-state index contributed by atoms with van der Waals surface area (Å²) in [6.45, 7) is 3.96. The number of nitrogen functional groups attached to an aromatic ring is 1. The highest BCUT2D eigenvalue weighted by Gasteiger charge is 2.00. The molecular formula is C14H15N3. The molecule has 2 aromatic rings. The van der Waals surface area contributed by atoms with Gasteiger partial charge in [-0.15, -0.1) is 0 Å². The Hall–Kier alpha value is -2.16. The average molecular weight is 225 g/mol. The van der Waals surface area contributed by atoms with Crippen LogP contribution in [0.3, 0.4) is 0 Å². The third-order valence-electron chi connectivity index (χ3n) is 2.73. The van der Waals surface area contributed by atoms with E-state index in [2.05, 4.69) is 10.2 Å². The van der Waals surface area contributed by atoms with Crippen molar-refractivity contribution in [3.8, 4) is 0 Å². The quantitative estimate of drug-likeness (QED) is 0.601. The van der Waals surface area contributed by atoms with Crippen LogP contribution in [0.15, 0.2) is 52.7 Å². The monoisotopic (exact) mass is 225 g/mol. The first kappa shape index (κ1) is 11.3. The van der Waals surface area contributed by atoms with Crippen LogP contribution in [0.4, 0.5) is 17.1 Å². The van der Waals surface area contributed by atoms with E-state index in [1.54, 1.807) is 0 Å². The van der Waals surface area contributed by atoms with Gasteiger partial charge in [-0.05, 0) is 43.2 Å². The molecule has 0 spiro atoms. The predicted molar refractivity (Wildman–Crippen MR) is 70.9 cm³/mol. The van der Waals surface area contributed by atoms with Gasteiger partial charge < -0.3 is 5.73 Å². The maximum Gasteiger partial charge on any atom is 0.0906 e. The summed E-state index contributed by atoms with van der Waals surface area (Å²) in [5.41, 5.74) is 10.3. The second kappa shape index (κ2) is 4.78. The lowest BCUT2D eigenvalue weighted by molar-refractivity contribution is 1.19. The van der Waals surface area contributed by atoms with Crippen LogP contribution in [0.5, 0.6) is 0 Å². The molecule has 0 amide bonds. The molecule has 0 aliphatic heterocycles. The van der Waals surface area contributed by atoms with E-state index < -0.39 is 0 Å². The Balaban J connectivity index is 2.33. The summed E-state index contributed by atoms with van der Waals surface area (Å²) >= 11 is 0. The maximum absolute atomic E-state index is 5.82. The summed E-state index contributed by atoms with van der Waals surface area (Å²) in [6.07, 6.45) is 0. The van der Waals surface area contributed by atoms with Gasteiger partial charge in [-0.1, -0.05) is 24.3 Å². The fraction of sp³-hybridized carbons (Fsp3) is 0.143. The van der Waals surface area contributed by atoms with E-state index in [9.17, 15) is 0 Å². The molecule has 0 saturated carbocycles. The summed E-state index contributed by atoms with van der Waals surface area (Å²) in [5, 5.41) is 8.49. The Kier molecular flexibility index (Phi) is 3.19. The molecule has 0 atom stereocenters. The van der Waals surface area contributed by atoms with Crippen LogP contribution in [-0.2, 0) is 0 Å².